The highest BCUT2D eigenvalue weighted by atomic mass is 32.2. The highest BCUT2D eigenvalue weighted by molar-refractivity contribution is 7.90. The van der Waals surface area contributed by atoms with Gasteiger partial charge < -0.3 is 4.90 Å². The summed E-state index contributed by atoms with van der Waals surface area (Å²) in [6, 6.07) is 7.65. The number of benzene rings is 1. The molecule has 1 saturated heterocycles. The minimum atomic E-state index is -3.66. The van der Waals surface area contributed by atoms with Gasteiger partial charge in [0.1, 0.15) is 5.84 Å². The van der Waals surface area contributed by atoms with Gasteiger partial charge in [0.05, 0.1) is 4.90 Å². The molecule has 1 fully saturated rings. The summed E-state index contributed by atoms with van der Waals surface area (Å²) in [5.74, 6) is 0.744. The summed E-state index contributed by atoms with van der Waals surface area (Å²) in [6.45, 7) is 8.48. The van der Waals surface area contributed by atoms with Gasteiger partial charge in [-0.2, -0.15) is 8.42 Å². The highest BCUT2D eigenvalue weighted by Crippen LogP contribution is 2.26. The first-order chi connectivity index (χ1) is 11.8. The Kier molecular flexibility index (Phi) is 7.05. The number of aryl methyl sites for hydroxylation is 1. The predicted octanol–water partition coefficient (Wildman–Crippen LogP) is 4.93. The number of likely N-dealkylation sites (tertiary alicyclic amines) is 1. The normalized spacial score (nSPS) is 22.2. The van der Waals surface area contributed by atoms with Gasteiger partial charge in [0, 0.05) is 18.5 Å². The van der Waals surface area contributed by atoms with Gasteiger partial charge in [-0.3, -0.25) is 0 Å². The molecule has 1 aromatic carbocycles. The van der Waals surface area contributed by atoms with Gasteiger partial charge in [-0.25, -0.2) is 0 Å². The van der Waals surface area contributed by atoms with Gasteiger partial charge in [-0.1, -0.05) is 37.5 Å². The second-order valence-electron chi connectivity index (χ2n) is 7.29. The molecule has 4 nitrogen and oxygen atoms in total. The second kappa shape index (κ2) is 8.84. The molecule has 1 aliphatic rings. The third-order valence-electron chi connectivity index (χ3n) is 5.04. The maximum Gasteiger partial charge on any atom is 0.283 e. The van der Waals surface area contributed by atoms with Gasteiger partial charge in [-0.05, 0) is 58.6 Å². The van der Waals surface area contributed by atoms with Crippen molar-refractivity contribution in [3.8, 4) is 0 Å². The van der Waals surface area contributed by atoms with Crippen LogP contribution in [-0.2, 0) is 10.0 Å². The molecule has 140 valence electrons. The molecule has 1 heterocycles. The van der Waals surface area contributed by atoms with Crippen molar-refractivity contribution in [2.75, 3.05) is 0 Å². The van der Waals surface area contributed by atoms with E-state index in [1.54, 1.807) is 12.1 Å². The first kappa shape index (κ1) is 20.0. The van der Waals surface area contributed by atoms with Gasteiger partial charge in [0.25, 0.3) is 10.0 Å². The number of piperidine rings is 1. The van der Waals surface area contributed by atoms with Crippen LogP contribution in [0.4, 0.5) is 0 Å². The summed E-state index contributed by atoms with van der Waals surface area (Å²) in [5.41, 5.74) is 1.05. The van der Waals surface area contributed by atoms with Crippen LogP contribution in [0, 0.1) is 6.92 Å². The Morgan fingerprint density at radius 2 is 1.72 bits per heavy atom. The molecule has 0 aliphatic carbocycles. The van der Waals surface area contributed by atoms with Gasteiger partial charge in [-0.15, -0.1) is 4.40 Å². The van der Waals surface area contributed by atoms with E-state index in [2.05, 4.69) is 30.1 Å². The average Bonchev–Trinajstić information content (AvgIpc) is 2.55. The van der Waals surface area contributed by atoms with E-state index in [1.807, 2.05) is 19.1 Å². The molecule has 1 aliphatic heterocycles. The first-order valence-electron chi connectivity index (χ1n) is 9.54. The van der Waals surface area contributed by atoms with Crippen LogP contribution in [-0.4, -0.2) is 31.2 Å². The molecular formula is C20H32N2O2S. The monoisotopic (exact) mass is 364 g/mol. The second-order valence-corrected chi connectivity index (χ2v) is 8.89. The fraction of sp³-hybridized carbons (Fsp3) is 0.650. The fourth-order valence-corrected chi connectivity index (χ4v) is 4.64. The summed E-state index contributed by atoms with van der Waals surface area (Å²) < 4.78 is 30.0. The largest absolute Gasteiger partial charge is 0.354 e. The molecule has 0 bridgehead atoms. The lowest BCUT2D eigenvalue weighted by atomic mass is 9.96. The van der Waals surface area contributed by atoms with Crippen LogP contribution in [0.15, 0.2) is 33.6 Å². The number of unbranched alkanes of at least 4 members (excludes halogenated alkanes) is 2. The summed E-state index contributed by atoms with van der Waals surface area (Å²) in [5, 5.41) is 0. The van der Waals surface area contributed by atoms with Crippen molar-refractivity contribution in [2.24, 2.45) is 4.40 Å². The molecule has 1 aromatic rings. The molecule has 5 heteroatoms. The Morgan fingerprint density at radius 1 is 1.12 bits per heavy atom. The van der Waals surface area contributed by atoms with Crippen molar-refractivity contribution >= 4 is 15.9 Å². The summed E-state index contributed by atoms with van der Waals surface area (Å²) in [4.78, 5) is 2.54. The minimum Gasteiger partial charge on any atom is -0.354 e. The van der Waals surface area contributed by atoms with Crippen molar-refractivity contribution < 1.29 is 8.42 Å². The molecule has 0 saturated carbocycles. The number of nitrogens with zero attached hydrogens (tertiary/aromatic N) is 2. The van der Waals surface area contributed by atoms with E-state index in [-0.39, 0.29) is 4.90 Å². The Hall–Kier alpha value is -1.36. The minimum absolute atomic E-state index is 0.281. The highest BCUT2D eigenvalue weighted by Gasteiger charge is 2.28. The van der Waals surface area contributed by atoms with E-state index in [4.69, 9.17) is 0 Å². The van der Waals surface area contributed by atoms with Crippen LogP contribution < -0.4 is 0 Å². The van der Waals surface area contributed by atoms with Crippen molar-refractivity contribution in [3.05, 3.63) is 29.8 Å². The van der Waals surface area contributed by atoms with Crippen LogP contribution in [0.2, 0.25) is 0 Å². The molecule has 2 unspecified atom stereocenters. The average molecular weight is 365 g/mol. The Morgan fingerprint density at radius 3 is 2.28 bits per heavy atom. The van der Waals surface area contributed by atoms with Gasteiger partial charge >= 0.3 is 0 Å². The fourth-order valence-electron chi connectivity index (χ4n) is 3.59. The number of rotatable bonds is 6. The van der Waals surface area contributed by atoms with Crippen molar-refractivity contribution in [1.29, 1.82) is 0 Å². The molecule has 0 aromatic heterocycles. The predicted molar refractivity (Wildman–Crippen MR) is 105 cm³/mol. The smallest absolute Gasteiger partial charge is 0.283 e. The number of hydrogen-bond acceptors (Lipinski definition) is 2. The number of amidine groups is 1. The van der Waals surface area contributed by atoms with Crippen LogP contribution in [0.25, 0.3) is 0 Å². The number of sulfonamides is 1. The molecule has 0 spiro atoms. The maximum atomic E-state index is 12.8. The Labute approximate surface area is 153 Å². The van der Waals surface area contributed by atoms with Gasteiger partial charge in [0.15, 0.2) is 0 Å². The molecule has 0 amide bonds. The third-order valence-corrected chi connectivity index (χ3v) is 6.36. The van der Waals surface area contributed by atoms with E-state index in [9.17, 15) is 8.42 Å². The molecule has 25 heavy (non-hydrogen) atoms. The summed E-state index contributed by atoms with van der Waals surface area (Å²) >= 11 is 0. The Balaban J connectivity index is 2.35. The quantitative estimate of drug-likeness (QED) is 0.409. The van der Waals surface area contributed by atoms with Crippen LogP contribution in [0.1, 0.15) is 71.3 Å². The Bertz CT molecular complexity index is 670. The first-order valence-corrected chi connectivity index (χ1v) is 11.0. The van der Waals surface area contributed by atoms with E-state index < -0.39 is 10.0 Å². The van der Waals surface area contributed by atoms with Crippen LogP contribution in [0.5, 0.6) is 0 Å². The summed E-state index contributed by atoms with van der Waals surface area (Å²) in [7, 11) is -3.66. The van der Waals surface area contributed by atoms with E-state index in [0.29, 0.717) is 12.1 Å². The zero-order chi connectivity index (χ0) is 18.4. The molecule has 2 rings (SSSR count). The topological polar surface area (TPSA) is 49.7 Å². The van der Waals surface area contributed by atoms with Crippen molar-refractivity contribution in [2.45, 2.75) is 89.6 Å². The van der Waals surface area contributed by atoms with Crippen LogP contribution in [0.3, 0.4) is 0 Å². The van der Waals surface area contributed by atoms with E-state index in [1.165, 1.54) is 6.42 Å². The lowest BCUT2D eigenvalue weighted by Gasteiger charge is -2.41. The zero-order valence-electron chi connectivity index (χ0n) is 16.0. The lowest BCUT2D eigenvalue weighted by Crippen LogP contribution is -2.47. The van der Waals surface area contributed by atoms with Gasteiger partial charge in [0.2, 0.25) is 0 Å². The lowest BCUT2D eigenvalue weighted by molar-refractivity contribution is 0.187. The van der Waals surface area contributed by atoms with Crippen molar-refractivity contribution in [3.63, 3.8) is 0 Å². The maximum absolute atomic E-state index is 12.8. The number of hydrogen-bond donors (Lipinski definition) is 0. The molecular weight excluding hydrogens is 332 g/mol. The molecule has 0 N–H and O–H groups in total. The summed E-state index contributed by atoms with van der Waals surface area (Å²) in [6.07, 6.45) is 7.32. The molecule has 2 atom stereocenters. The van der Waals surface area contributed by atoms with Crippen molar-refractivity contribution in [1.82, 2.24) is 4.90 Å². The molecule has 0 radical (unpaired) electrons. The van der Waals surface area contributed by atoms with E-state index in [0.717, 1.165) is 49.9 Å². The SMILES string of the molecule is CCCCCC(=NS(=O)(=O)c1ccc(C)cc1)N1C(C)CCCC1C. The third kappa shape index (κ3) is 5.30. The zero-order valence-corrected chi connectivity index (χ0v) is 16.8. The standard InChI is InChI=1S/C20H32N2O2S/c1-5-6-7-11-20(22-17(3)9-8-10-18(22)4)21-25(23,24)19-14-12-16(2)13-15-19/h12-15,17-18H,5-11H2,1-4H3. The van der Waals surface area contributed by atoms with E-state index >= 15 is 0 Å². The van der Waals surface area contributed by atoms with Crippen LogP contribution >= 0.6 is 0 Å².